The highest BCUT2D eigenvalue weighted by Gasteiger charge is 2.36. The van der Waals surface area contributed by atoms with Crippen LogP contribution < -0.4 is 10.6 Å². The van der Waals surface area contributed by atoms with Gasteiger partial charge in [0.05, 0.1) is 11.1 Å². The Kier molecular flexibility index (Phi) is 4.26. The fourth-order valence-corrected chi connectivity index (χ4v) is 3.16. The maximum absolute atomic E-state index is 12.3. The minimum absolute atomic E-state index is 0.0607. The van der Waals surface area contributed by atoms with Gasteiger partial charge < -0.3 is 10.6 Å². The maximum Gasteiger partial charge on any atom is 0.262 e. The fraction of sp³-hybridized carbons (Fsp3) is 0.400. The topological polar surface area (TPSA) is 78.5 Å². The van der Waals surface area contributed by atoms with E-state index < -0.39 is 11.8 Å². The van der Waals surface area contributed by atoms with Crippen molar-refractivity contribution >= 4 is 33.7 Å². The van der Waals surface area contributed by atoms with Crippen molar-refractivity contribution in [3.8, 4) is 0 Å². The lowest BCUT2D eigenvalue weighted by Crippen LogP contribution is -2.49. The second-order valence-corrected chi connectivity index (χ2v) is 6.41. The lowest BCUT2D eigenvalue weighted by Gasteiger charge is -2.24. The zero-order chi connectivity index (χ0) is 15.7. The number of nitrogens with one attached hydrogen (secondary N) is 2. The van der Waals surface area contributed by atoms with Gasteiger partial charge in [0.15, 0.2) is 0 Å². The quantitative estimate of drug-likeness (QED) is 0.780. The van der Waals surface area contributed by atoms with Crippen LogP contribution in [0.4, 0.5) is 0 Å². The molecule has 2 N–H and O–H groups in total. The first-order valence-electron chi connectivity index (χ1n) is 7.22. The van der Waals surface area contributed by atoms with Crippen LogP contribution in [0.5, 0.6) is 0 Å². The highest BCUT2D eigenvalue weighted by atomic mass is 79.9. The Balaban J connectivity index is 1.67. The summed E-state index contributed by atoms with van der Waals surface area (Å²) in [6.07, 6.45) is 1.92. The molecule has 1 atom stereocenters. The number of amides is 3. The van der Waals surface area contributed by atoms with Gasteiger partial charge in [0.1, 0.15) is 6.54 Å². The Morgan fingerprint density at radius 1 is 1.32 bits per heavy atom. The second kappa shape index (κ2) is 6.18. The van der Waals surface area contributed by atoms with Crippen molar-refractivity contribution in [3.63, 3.8) is 0 Å². The monoisotopic (exact) mass is 365 g/mol. The van der Waals surface area contributed by atoms with Crippen LogP contribution in [-0.2, 0) is 4.79 Å². The zero-order valence-electron chi connectivity index (χ0n) is 11.9. The first-order valence-corrected chi connectivity index (χ1v) is 8.01. The molecule has 1 unspecified atom stereocenters. The molecular weight excluding hydrogens is 350 g/mol. The number of piperidine rings is 1. The van der Waals surface area contributed by atoms with Crippen LogP contribution in [0.25, 0.3) is 0 Å². The van der Waals surface area contributed by atoms with Crippen molar-refractivity contribution in [2.24, 2.45) is 0 Å². The van der Waals surface area contributed by atoms with Gasteiger partial charge in [-0.1, -0.05) is 15.9 Å². The third kappa shape index (κ3) is 2.91. The molecule has 2 aliphatic heterocycles. The van der Waals surface area contributed by atoms with Crippen LogP contribution in [-0.4, -0.2) is 48.3 Å². The second-order valence-electron chi connectivity index (χ2n) is 5.50. The summed E-state index contributed by atoms with van der Waals surface area (Å²) in [7, 11) is 0. The molecule has 0 spiro atoms. The van der Waals surface area contributed by atoms with Crippen LogP contribution in [0.15, 0.2) is 22.7 Å². The number of fused-ring (bicyclic) bond motifs is 1. The molecule has 22 heavy (non-hydrogen) atoms. The number of imide groups is 1. The van der Waals surface area contributed by atoms with E-state index in [-0.39, 0.29) is 18.5 Å². The van der Waals surface area contributed by atoms with E-state index in [1.807, 2.05) is 0 Å². The van der Waals surface area contributed by atoms with Crippen LogP contribution in [0.2, 0.25) is 0 Å². The van der Waals surface area contributed by atoms with E-state index in [2.05, 4.69) is 26.6 Å². The van der Waals surface area contributed by atoms with Crippen molar-refractivity contribution in [1.29, 1.82) is 0 Å². The van der Waals surface area contributed by atoms with Crippen LogP contribution in [0.3, 0.4) is 0 Å². The van der Waals surface area contributed by atoms with Crippen molar-refractivity contribution in [3.05, 3.63) is 33.8 Å². The Morgan fingerprint density at radius 3 is 2.82 bits per heavy atom. The lowest BCUT2D eigenvalue weighted by atomic mass is 10.1. The SMILES string of the molecule is O=C(CN1C(=O)c2ccc(Br)cc2C1=O)NC1CCCNC1. The number of carbonyl (C=O) groups excluding carboxylic acids is 3. The average Bonchev–Trinajstić information content (AvgIpc) is 2.73. The van der Waals surface area contributed by atoms with Gasteiger partial charge in [-0.25, -0.2) is 0 Å². The van der Waals surface area contributed by atoms with Gasteiger partial charge in [0.25, 0.3) is 11.8 Å². The molecule has 0 radical (unpaired) electrons. The summed E-state index contributed by atoms with van der Waals surface area (Å²) < 4.78 is 0.729. The van der Waals surface area contributed by atoms with E-state index in [1.165, 1.54) is 0 Å². The number of hydrogen-bond acceptors (Lipinski definition) is 4. The van der Waals surface area contributed by atoms with Crippen molar-refractivity contribution < 1.29 is 14.4 Å². The Bertz CT molecular complexity index is 641. The smallest absolute Gasteiger partial charge is 0.262 e. The van der Waals surface area contributed by atoms with Crippen molar-refractivity contribution in [2.45, 2.75) is 18.9 Å². The summed E-state index contributed by atoms with van der Waals surface area (Å²) in [5, 5.41) is 6.07. The van der Waals surface area contributed by atoms with Gasteiger partial charge in [-0.05, 0) is 37.6 Å². The third-order valence-corrected chi connectivity index (χ3v) is 4.39. The predicted molar refractivity (Wildman–Crippen MR) is 83.5 cm³/mol. The van der Waals surface area contributed by atoms with Crippen LogP contribution in [0.1, 0.15) is 33.6 Å². The van der Waals surface area contributed by atoms with E-state index in [0.717, 1.165) is 35.3 Å². The molecule has 6 nitrogen and oxygen atoms in total. The van der Waals surface area contributed by atoms with E-state index in [9.17, 15) is 14.4 Å². The number of hydrogen-bond donors (Lipinski definition) is 2. The van der Waals surface area contributed by atoms with Crippen LogP contribution in [0, 0.1) is 0 Å². The molecular formula is C15H16BrN3O3. The van der Waals surface area contributed by atoms with E-state index >= 15 is 0 Å². The van der Waals surface area contributed by atoms with Gasteiger partial charge in [-0.15, -0.1) is 0 Å². The van der Waals surface area contributed by atoms with Crippen molar-refractivity contribution in [1.82, 2.24) is 15.5 Å². The first kappa shape index (κ1) is 15.2. The molecule has 0 saturated carbocycles. The molecule has 1 aromatic rings. The van der Waals surface area contributed by atoms with E-state index in [4.69, 9.17) is 0 Å². The largest absolute Gasteiger partial charge is 0.351 e. The molecule has 7 heteroatoms. The standard InChI is InChI=1S/C15H16BrN3O3/c16-9-3-4-11-12(6-9)15(22)19(14(11)21)8-13(20)18-10-2-1-5-17-7-10/h3-4,6,10,17H,1-2,5,7-8H2,(H,18,20). The highest BCUT2D eigenvalue weighted by molar-refractivity contribution is 9.10. The summed E-state index contributed by atoms with van der Waals surface area (Å²) in [5.74, 6) is -1.13. The Labute approximate surface area is 136 Å². The normalized spacial score (nSPS) is 21.0. The van der Waals surface area contributed by atoms with Gasteiger partial charge in [0.2, 0.25) is 5.91 Å². The fourth-order valence-electron chi connectivity index (χ4n) is 2.80. The molecule has 0 bridgehead atoms. The molecule has 1 fully saturated rings. The molecule has 3 amide bonds. The maximum atomic E-state index is 12.3. The first-order chi connectivity index (χ1) is 10.6. The summed E-state index contributed by atoms with van der Waals surface area (Å²) in [6.45, 7) is 1.45. The number of benzene rings is 1. The van der Waals surface area contributed by atoms with Crippen LogP contribution >= 0.6 is 15.9 Å². The van der Waals surface area contributed by atoms with Gasteiger partial charge in [0, 0.05) is 17.1 Å². The van der Waals surface area contributed by atoms with E-state index in [1.54, 1.807) is 18.2 Å². The summed E-state index contributed by atoms with van der Waals surface area (Å²) in [6, 6.07) is 4.98. The Hall–Kier alpha value is -1.73. The molecule has 3 rings (SSSR count). The molecule has 116 valence electrons. The molecule has 2 aliphatic rings. The predicted octanol–water partition coefficient (Wildman–Crippen LogP) is 0.913. The third-order valence-electron chi connectivity index (χ3n) is 3.90. The minimum Gasteiger partial charge on any atom is -0.351 e. The molecule has 0 aliphatic carbocycles. The molecule has 2 heterocycles. The Morgan fingerprint density at radius 2 is 2.09 bits per heavy atom. The van der Waals surface area contributed by atoms with Gasteiger partial charge in [-0.3, -0.25) is 19.3 Å². The summed E-state index contributed by atoms with van der Waals surface area (Å²) in [5.41, 5.74) is 0.687. The van der Waals surface area contributed by atoms with Gasteiger partial charge in [-0.2, -0.15) is 0 Å². The molecule has 0 aromatic heterocycles. The summed E-state index contributed by atoms with van der Waals surface area (Å²) in [4.78, 5) is 37.6. The van der Waals surface area contributed by atoms with Crippen molar-refractivity contribution in [2.75, 3.05) is 19.6 Å². The van der Waals surface area contributed by atoms with Gasteiger partial charge >= 0.3 is 0 Å². The number of halogens is 1. The zero-order valence-corrected chi connectivity index (χ0v) is 13.5. The molecule has 1 saturated heterocycles. The van der Waals surface area contributed by atoms with E-state index in [0.29, 0.717) is 11.1 Å². The average molecular weight is 366 g/mol. The number of carbonyl (C=O) groups is 3. The summed E-state index contributed by atoms with van der Waals surface area (Å²) >= 11 is 3.28. The number of nitrogens with zero attached hydrogens (tertiary/aromatic N) is 1. The molecule has 1 aromatic carbocycles. The highest BCUT2D eigenvalue weighted by Crippen LogP contribution is 2.25. The minimum atomic E-state index is -0.418. The lowest BCUT2D eigenvalue weighted by molar-refractivity contribution is -0.122. The number of rotatable bonds is 3.